The molecule has 0 saturated heterocycles. The van der Waals surface area contributed by atoms with Crippen molar-refractivity contribution in [1.82, 2.24) is 0 Å². The van der Waals surface area contributed by atoms with Crippen molar-refractivity contribution in [3.8, 4) is 5.75 Å². The van der Waals surface area contributed by atoms with Crippen molar-refractivity contribution in [1.29, 1.82) is 0 Å². The van der Waals surface area contributed by atoms with E-state index in [-0.39, 0.29) is 6.61 Å². The van der Waals surface area contributed by atoms with E-state index in [1.807, 2.05) is 0 Å². The molecular formula is C11H13FO3. The molecule has 0 aliphatic carbocycles. The minimum absolute atomic E-state index is 0.00766. The van der Waals surface area contributed by atoms with Crippen LogP contribution in [0.3, 0.4) is 0 Å². The van der Waals surface area contributed by atoms with Crippen molar-refractivity contribution in [2.24, 2.45) is 0 Å². The number of rotatable bonds is 5. The van der Waals surface area contributed by atoms with Crippen LogP contribution in [0.15, 0.2) is 24.3 Å². The van der Waals surface area contributed by atoms with Gasteiger partial charge in [0.25, 0.3) is 0 Å². The van der Waals surface area contributed by atoms with Crippen molar-refractivity contribution in [3.63, 3.8) is 0 Å². The maximum absolute atomic E-state index is 11.8. The lowest BCUT2D eigenvalue weighted by Gasteiger charge is -2.05. The van der Waals surface area contributed by atoms with Gasteiger partial charge in [0.05, 0.1) is 12.2 Å². The lowest BCUT2D eigenvalue weighted by Crippen LogP contribution is -2.05. The topological polar surface area (TPSA) is 35.5 Å². The SMILES string of the molecule is CCOC(=O)c1cccc(OCCF)c1. The molecule has 0 bridgehead atoms. The van der Waals surface area contributed by atoms with Gasteiger partial charge in [-0.3, -0.25) is 0 Å². The zero-order chi connectivity index (χ0) is 11.1. The van der Waals surface area contributed by atoms with Gasteiger partial charge in [0.1, 0.15) is 19.0 Å². The molecule has 1 aromatic rings. The minimum atomic E-state index is -0.552. The molecule has 0 spiro atoms. The molecule has 0 radical (unpaired) electrons. The van der Waals surface area contributed by atoms with Gasteiger partial charge in [-0.05, 0) is 25.1 Å². The fourth-order valence-corrected chi connectivity index (χ4v) is 1.08. The van der Waals surface area contributed by atoms with Gasteiger partial charge in [-0.1, -0.05) is 6.07 Å². The molecule has 1 rings (SSSR count). The van der Waals surface area contributed by atoms with Crippen molar-refractivity contribution in [2.45, 2.75) is 6.92 Å². The zero-order valence-corrected chi connectivity index (χ0v) is 8.53. The third kappa shape index (κ3) is 3.58. The Bertz CT molecular complexity index is 325. The van der Waals surface area contributed by atoms with Crippen molar-refractivity contribution in [3.05, 3.63) is 29.8 Å². The summed E-state index contributed by atoms with van der Waals surface area (Å²) in [6.45, 7) is 1.51. The van der Waals surface area contributed by atoms with Crippen molar-refractivity contribution in [2.75, 3.05) is 19.9 Å². The molecule has 0 aliphatic heterocycles. The van der Waals surface area contributed by atoms with Gasteiger partial charge < -0.3 is 9.47 Å². The summed E-state index contributed by atoms with van der Waals surface area (Å²) in [6.07, 6.45) is 0. The number of benzene rings is 1. The van der Waals surface area contributed by atoms with Crippen LogP contribution in [0.25, 0.3) is 0 Å². The van der Waals surface area contributed by atoms with Crippen LogP contribution in [0.1, 0.15) is 17.3 Å². The Hall–Kier alpha value is -1.58. The molecule has 0 aliphatic rings. The first-order valence-electron chi connectivity index (χ1n) is 4.74. The first kappa shape index (κ1) is 11.5. The van der Waals surface area contributed by atoms with E-state index < -0.39 is 12.6 Å². The van der Waals surface area contributed by atoms with Gasteiger partial charge >= 0.3 is 5.97 Å². The Morgan fingerprint density at radius 2 is 2.27 bits per heavy atom. The molecule has 0 heterocycles. The molecule has 1 aromatic carbocycles. The second-order valence-electron chi connectivity index (χ2n) is 2.79. The van der Waals surface area contributed by atoms with Crippen LogP contribution in [0.5, 0.6) is 5.75 Å². The monoisotopic (exact) mass is 212 g/mol. The number of carbonyl (C=O) groups is 1. The zero-order valence-electron chi connectivity index (χ0n) is 8.53. The molecule has 15 heavy (non-hydrogen) atoms. The Labute approximate surface area is 87.8 Å². The second-order valence-corrected chi connectivity index (χ2v) is 2.79. The van der Waals surface area contributed by atoms with Crippen LogP contribution < -0.4 is 4.74 Å². The van der Waals surface area contributed by atoms with Gasteiger partial charge in [0.15, 0.2) is 0 Å². The van der Waals surface area contributed by atoms with Crippen LogP contribution in [0, 0.1) is 0 Å². The Kier molecular flexibility index (Phi) is 4.60. The van der Waals surface area contributed by atoms with Crippen molar-refractivity contribution < 1.29 is 18.7 Å². The summed E-state index contributed by atoms with van der Waals surface area (Å²) in [4.78, 5) is 11.3. The second kappa shape index (κ2) is 6.01. The highest BCUT2D eigenvalue weighted by atomic mass is 19.1. The molecule has 0 aromatic heterocycles. The summed E-state index contributed by atoms with van der Waals surface area (Å²) in [6, 6.07) is 6.49. The number of ether oxygens (including phenoxy) is 2. The highest BCUT2D eigenvalue weighted by Crippen LogP contribution is 2.14. The van der Waals surface area contributed by atoms with E-state index in [4.69, 9.17) is 9.47 Å². The molecule has 4 heteroatoms. The number of esters is 1. The van der Waals surface area contributed by atoms with E-state index >= 15 is 0 Å². The summed E-state index contributed by atoms with van der Waals surface area (Å²) >= 11 is 0. The summed E-state index contributed by atoms with van der Waals surface area (Å²) in [5.41, 5.74) is 0.410. The van der Waals surface area contributed by atoms with Crippen LogP contribution in [0.2, 0.25) is 0 Å². The smallest absolute Gasteiger partial charge is 0.338 e. The maximum Gasteiger partial charge on any atom is 0.338 e. The predicted molar refractivity (Wildman–Crippen MR) is 53.9 cm³/mol. The van der Waals surface area contributed by atoms with Gasteiger partial charge in [0, 0.05) is 0 Å². The molecule has 82 valence electrons. The van der Waals surface area contributed by atoms with Crippen molar-refractivity contribution >= 4 is 5.97 Å². The number of halogens is 1. The molecule has 0 amide bonds. The maximum atomic E-state index is 11.8. The van der Waals surface area contributed by atoms with E-state index in [0.29, 0.717) is 17.9 Å². The average Bonchev–Trinajstić information content (AvgIpc) is 2.27. The summed E-state index contributed by atoms with van der Waals surface area (Å²) < 4.78 is 21.7. The third-order valence-corrected chi connectivity index (χ3v) is 1.69. The summed E-state index contributed by atoms with van der Waals surface area (Å²) in [5.74, 6) is 0.0707. The van der Waals surface area contributed by atoms with E-state index in [2.05, 4.69) is 0 Å². The first-order valence-corrected chi connectivity index (χ1v) is 4.74. The highest BCUT2D eigenvalue weighted by Gasteiger charge is 2.06. The molecule has 0 fully saturated rings. The quantitative estimate of drug-likeness (QED) is 0.702. The molecule has 3 nitrogen and oxygen atoms in total. The predicted octanol–water partition coefficient (Wildman–Crippen LogP) is 2.21. The number of hydrogen-bond acceptors (Lipinski definition) is 3. The van der Waals surface area contributed by atoms with E-state index in [9.17, 15) is 9.18 Å². The summed E-state index contributed by atoms with van der Waals surface area (Å²) in [7, 11) is 0. The van der Waals surface area contributed by atoms with Crippen LogP contribution in [-0.4, -0.2) is 25.9 Å². The minimum Gasteiger partial charge on any atom is -0.491 e. The van der Waals surface area contributed by atoms with E-state index in [0.717, 1.165) is 0 Å². The third-order valence-electron chi connectivity index (χ3n) is 1.69. The van der Waals surface area contributed by atoms with Gasteiger partial charge in [0.2, 0.25) is 0 Å². The van der Waals surface area contributed by atoms with Gasteiger partial charge in [-0.25, -0.2) is 9.18 Å². The Balaban J connectivity index is 2.69. The number of hydrogen-bond donors (Lipinski definition) is 0. The van der Waals surface area contributed by atoms with E-state index in [1.165, 1.54) is 6.07 Å². The van der Waals surface area contributed by atoms with Crippen LogP contribution in [0.4, 0.5) is 4.39 Å². The molecule has 0 atom stereocenters. The Morgan fingerprint density at radius 3 is 2.93 bits per heavy atom. The fourth-order valence-electron chi connectivity index (χ4n) is 1.08. The lowest BCUT2D eigenvalue weighted by atomic mass is 10.2. The summed E-state index contributed by atoms with van der Waals surface area (Å²) in [5, 5.41) is 0. The first-order chi connectivity index (χ1) is 7.27. The lowest BCUT2D eigenvalue weighted by molar-refractivity contribution is 0.0526. The molecule has 0 unspecified atom stereocenters. The van der Waals surface area contributed by atoms with Crippen LogP contribution >= 0.6 is 0 Å². The number of carbonyl (C=O) groups excluding carboxylic acids is 1. The highest BCUT2D eigenvalue weighted by molar-refractivity contribution is 5.89. The van der Waals surface area contributed by atoms with Gasteiger partial charge in [-0.2, -0.15) is 0 Å². The Morgan fingerprint density at radius 1 is 1.47 bits per heavy atom. The number of alkyl halides is 1. The normalized spacial score (nSPS) is 9.73. The standard InChI is InChI=1S/C11H13FO3/c1-2-14-11(13)9-4-3-5-10(8-9)15-7-6-12/h3-5,8H,2,6-7H2,1H3. The average molecular weight is 212 g/mol. The molecular weight excluding hydrogens is 199 g/mol. The molecule has 0 saturated carbocycles. The largest absolute Gasteiger partial charge is 0.491 e. The van der Waals surface area contributed by atoms with Gasteiger partial charge in [-0.15, -0.1) is 0 Å². The molecule has 0 N–H and O–H groups in total. The fraction of sp³-hybridized carbons (Fsp3) is 0.364. The van der Waals surface area contributed by atoms with Crippen LogP contribution in [-0.2, 0) is 4.74 Å². The van der Waals surface area contributed by atoms with E-state index in [1.54, 1.807) is 25.1 Å².